The maximum absolute atomic E-state index is 12.4. The summed E-state index contributed by atoms with van der Waals surface area (Å²) in [5.41, 5.74) is 2.51. The number of carbonyl (C=O) groups is 1. The molecule has 0 spiro atoms. The van der Waals surface area contributed by atoms with Gasteiger partial charge in [-0.2, -0.15) is 0 Å². The van der Waals surface area contributed by atoms with E-state index in [1.165, 1.54) is 11.1 Å². The minimum Gasteiger partial charge on any atom is -0.319 e. The number of carbonyl (C=O) groups excluding carboxylic acids is 1. The fourth-order valence-corrected chi connectivity index (χ4v) is 2.99. The van der Waals surface area contributed by atoms with Gasteiger partial charge < -0.3 is 15.1 Å². The molecule has 2 heterocycles. The summed E-state index contributed by atoms with van der Waals surface area (Å²) in [6, 6.07) is 8.91. The molecule has 0 bridgehead atoms. The highest BCUT2D eigenvalue weighted by Gasteiger charge is 2.34. The first-order valence-corrected chi connectivity index (χ1v) is 7.06. The molecule has 2 saturated heterocycles. The smallest absolute Gasteiger partial charge is 0.319 e. The lowest BCUT2D eigenvalue weighted by atomic mass is 10.1. The van der Waals surface area contributed by atoms with E-state index in [0.29, 0.717) is 6.04 Å². The standard InChI is InChI=1S/C15H21N3O/c1-12-4-2-3-5-13(12)11-17-8-9-18(15(17)19)14-6-7-16-10-14/h2-5,14,16H,6-11H2,1H3/t14-/m1/s1. The Kier molecular flexibility index (Phi) is 3.42. The Morgan fingerprint density at radius 1 is 1.32 bits per heavy atom. The minimum atomic E-state index is 0.206. The summed E-state index contributed by atoms with van der Waals surface area (Å²) in [6.07, 6.45) is 1.09. The average Bonchev–Trinajstić information content (AvgIpc) is 3.03. The van der Waals surface area contributed by atoms with E-state index in [-0.39, 0.29) is 6.03 Å². The highest BCUT2D eigenvalue weighted by Crippen LogP contribution is 2.19. The average molecular weight is 259 g/mol. The number of aryl methyl sites for hydroxylation is 1. The normalized spacial score (nSPS) is 23.4. The van der Waals surface area contributed by atoms with Gasteiger partial charge in [0.1, 0.15) is 0 Å². The zero-order valence-electron chi connectivity index (χ0n) is 11.4. The van der Waals surface area contributed by atoms with Crippen molar-refractivity contribution < 1.29 is 4.79 Å². The SMILES string of the molecule is Cc1ccccc1CN1CCN([C@@H]2CCNC2)C1=O. The van der Waals surface area contributed by atoms with Crippen molar-refractivity contribution in [1.82, 2.24) is 15.1 Å². The zero-order valence-corrected chi connectivity index (χ0v) is 11.4. The second-order valence-corrected chi connectivity index (χ2v) is 5.47. The Bertz CT molecular complexity index is 468. The first kappa shape index (κ1) is 12.5. The third kappa shape index (κ3) is 2.45. The molecule has 1 aromatic carbocycles. The summed E-state index contributed by atoms with van der Waals surface area (Å²) >= 11 is 0. The third-order valence-electron chi connectivity index (χ3n) is 4.22. The van der Waals surface area contributed by atoms with Gasteiger partial charge >= 0.3 is 6.03 Å². The molecule has 102 valence electrons. The maximum atomic E-state index is 12.4. The van der Waals surface area contributed by atoms with Crippen molar-refractivity contribution in [3.05, 3.63) is 35.4 Å². The molecule has 4 heteroatoms. The second-order valence-electron chi connectivity index (χ2n) is 5.47. The molecular weight excluding hydrogens is 238 g/mol. The molecule has 0 aliphatic carbocycles. The first-order valence-electron chi connectivity index (χ1n) is 7.06. The lowest BCUT2D eigenvalue weighted by Gasteiger charge is -2.24. The highest BCUT2D eigenvalue weighted by atomic mass is 16.2. The van der Waals surface area contributed by atoms with Crippen molar-refractivity contribution in [2.24, 2.45) is 0 Å². The third-order valence-corrected chi connectivity index (χ3v) is 4.22. The van der Waals surface area contributed by atoms with Crippen LogP contribution in [0.25, 0.3) is 0 Å². The van der Waals surface area contributed by atoms with Gasteiger partial charge in [0, 0.05) is 32.2 Å². The van der Waals surface area contributed by atoms with Crippen molar-refractivity contribution in [3.63, 3.8) is 0 Å². The van der Waals surface area contributed by atoms with Gasteiger partial charge in [-0.1, -0.05) is 24.3 Å². The molecule has 1 N–H and O–H groups in total. The number of urea groups is 1. The van der Waals surface area contributed by atoms with E-state index in [1.54, 1.807) is 0 Å². The van der Waals surface area contributed by atoms with Crippen molar-refractivity contribution in [2.75, 3.05) is 26.2 Å². The van der Waals surface area contributed by atoms with Crippen molar-refractivity contribution >= 4 is 6.03 Å². The molecule has 2 fully saturated rings. The maximum Gasteiger partial charge on any atom is 0.320 e. The topological polar surface area (TPSA) is 35.6 Å². The quantitative estimate of drug-likeness (QED) is 0.895. The van der Waals surface area contributed by atoms with Crippen LogP contribution in [-0.4, -0.2) is 48.1 Å². The molecule has 0 unspecified atom stereocenters. The van der Waals surface area contributed by atoms with Gasteiger partial charge in [0.2, 0.25) is 0 Å². The summed E-state index contributed by atoms with van der Waals surface area (Å²) in [5, 5.41) is 3.33. The first-order chi connectivity index (χ1) is 9.25. The Hall–Kier alpha value is -1.55. The summed E-state index contributed by atoms with van der Waals surface area (Å²) in [4.78, 5) is 16.4. The molecule has 3 rings (SSSR count). The lowest BCUT2D eigenvalue weighted by Crippen LogP contribution is -2.40. The number of nitrogens with zero attached hydrogens (tertiary/aromatic N) is 2. The van der Waals surface area contributed by atoms with Crippen molar-refractivity contribution in [3.8, 4) is 0 Å². The predicted molar refractivity (Wildman–Crippen MR) is 75.0 cm³/mol. The monoisotopic (exact) mass is 259 g/mol. The van der Waals surface area contributed by atoms with Crippen LogP contribution in [-0.2, 0) is 6.54 Å². The van der Waals surface area contributed by atoms with Gasteiger partial charge in [-0.25, -0.2) is 4.79 Å². The number of amides is 2. The van der Waals surface area contributed by atoms with Crippen molar-refractivity contribution in [1.29, 1.82) is 0 Å². The van der Waals surface area contributed by atoms with Crippen LogP contribution in [0.2, 0.25) is 0 Å². The van der Waals surface area contributed by atoms with Crippen LogP contribution in [0.15, 0.2) is 24.3 Å². The number of benzene rings is 1. The molecule has 1 aromatic rings. The van der Waals surface area contributed by atoms with Crippen LogP contribution in [0.1, 0.15) is 17.5 Å². The van der Waals surface area contributed by atoms with Crippen LogP contribution in [0, 0.1) is 6.92 Å². The van der Waals surface area contributed by atoms with Crippen LogP contribution < -0.4 is 5.32 Å². The fourth-order valence-electron chi connectivity index (χ4n) is 2.99. The molecule has 0 radical (unpaired) electrons. The van der Waals surface area contributed by atoms with Gasteiger partial charge in [0.15, 0.2) is 0 Å². The summed E-state index contributed by atoms with van der Waals surface area (Å²) in [5.74, 6) is 0. The van der Waals surface area contributed by atoms with Gasteiger partial charge in [-0.05, 0) is 31.0 Å². The van der Waals surface area contributed by atoms with Gasteiger partial charge in [0.05, 0.1) is 0 Å². The van der Waals surface area contributed by atoms with E-state index in [4.69, 9.17) is 0 Å². The van der Waals surface area contributed by atoms with E-state index in [0.717, 1.165) is 39.1 Å². The number of hydrogen-bond acceptors (Lipinski definition) is 2. The highest BCUT2D eigenvalue weighted by molar-refractivity contribution is 5.77. The van der Waals surface area contributed by atoms with E-state index in [1.807, 2.05) is 21.9 Å². The summed E-state index contributed by atoms with van der Waals surface area (Å²) in [6.45, 7) is 6.55. The number of nitrogens with one attached hydrogen (secondary N) is 1. The Morgan fingerprint density at radius 2 is 2.16 bits per heavy atom. The van der Waals surface area contributed by atoms with E-state index in [2.05, 4.69) is 24.4 Å². The lowest BCUT2D eigenvalue weighted by molar-refractivity contribution is 0.178. The van der Waals surface area contributed by atoms with Gasteiger partial charge in [0.25, 0.3) is 0 Å². The Balaban J connectivity index is 1.67. The van der Waals surface area contributed by atoms with Gasteiger partial charge in [-0.15, -0.1) is 0 Å². The summed E-state index contributed by atoms with van der Waals surface area (Å²) in [7, 11) is 0. The molecule has 2 aliphatic heterocycles. The minimum absolute atomic E-state index is 0.206. The molecule has 2 amide bonds. The number of hydrogen-bond donors (Lipinski definition) is 1. The van der Waals surface area contributed by atoms with E-state index >= 15 is 0 Å². The predicted octanol–water partition coefficient (Wildman–Crippen LogP) is 1.59. The largest absolute Gasteiger partial charge is 0.320 e. The van der Waals surface area contributed by atoms with Crippen LogP contribution in [0.3, 0.4) is 0 Å². The zero-order chi connectivity index (χ0) is 13.2. The Labute approximate surface area is 114 Å². The van der Waals surface area contributed by atoms with E-state index in [9.17, 15) is 4.79 Å². The molecular formula is C15H21N3O. The molecule has 0 saturated carbocycles. The molecule has 4 nitrogen and oxygen atoms in total. The number of rotatable bonds is 3. The van der Waals surface area contributed by atoms with Crippen LogP contribution in [0.5, 0.6) is 0 Å². The molecule has 1 atom stereocenters. The summed E-state index contributed by atoms with van der Waals surface area (Å²) < 4.78 is 0. The molecule has 0 aromatic heterocycles. The Morgan fingerprint density at radius 3 is 2.89 bits per heavy atom. The van der Waals surface area contributed by atoms with E-state index < -0.39 is 0 Å². The fraction of sp³-hybridized carbons (Fsp3) is 0.533. The second kappa shape index (κ2) is 5.21. The molecule has 19 heavy (non-hydrogen) atoms. The van der Waals surface area contributed by atoms with Crippen LogP contribution >= 0.6 is 0 Å². The van der Waals surface area contributed by atoms with Crippen LogP contribution in [0.4, 0.5) is 4.79 Å². The van der Waals surface area contributed by atoms with Crippen molar-refractivity contribution in [2.45, 2.75) is 25.9 Å². The molecule has 2 aliphatic rings. The van der Waals surface area contributed by atoms with Gasteiger partial charge in [-0.3, -0.25) is 0 Å².